The largest absolute Gasteiger partial charge is 0.453 e. The van der Waals surface area contributed by atoms with Crippen molar-refractivity contribution in [1.29, 1.82) is 0 Å². The summed E-state index contributed by atoms with van der Waals surface area (Å²) in [5, 5.41) is 13.1. The molecule has 15 heteroatoms. The number of ether oxygens (including phenoxy) is 3. The molecule has 1 aromatic heterocycles. The molecule has 1 aliphatic carbocycles. The summed E-state index contributed by atoms with van der Waals surface area (Å²) in [6, 6.07) is 28.7. The number of nitrogens with zero attached hydrogens (tertiary/aromatic N) is 4. The van der Waals surface area contributed by atoms with Gasteiger partial charge in [-0.25, -0.2) is 14.6 Å². The Morgan fingerprint density at radius 1 is 0.836 bits per heavy atom. The predicted molar refractivity (Wildman–Crippen MR) is 259 cm³/mol. The van der Waals surface area contributed by atoms with E-state index in [2.05, 4.69) is 69.5 Å². The Labute approximate surface area is 389 Å². The lowest BCUT2D eigenvalue weighted by Gasteiger charge is -2.36. The second kappa shape index (κ2) is 19.1. The number of fused-ring (bicyclic) bond motifs is 6. The van der Waals surface area contributed by atoms with Crippen LogP contribution in [-0.4, -0.2) is 110 Å². The van der Waals surface area contributed by atoms with E-state index in [1.165, 1.54) is 14.2 Å². The molecule has 0 spiro atoms. The molecule has 5 aromatic carbocycles. The molecule has 1 saturated carbocycles. The number of piperidine rings is 1. The van der Waals surface area contributed by atoms with Gasteiger partial charge in [0.25, 0.3) is 5.91 Å². The van der Waals surface area contributed by atoms with E-state index in [9.17, 15) is 19.2 Å². The number of alkyl carbamates (subject to hydrolysis) is 2. The fraction of sp³-hybridized carbons (Fsp3) is 0.385. The smallest absolute Gasteiger partial charge is 0.407 e. The number of hydrogen-bond donors (Lipinski definition) is 4. The number of likely N-dealkylation sites (tertiary alicyclic amines) is 2. The maximum Gasteiger partial charge on any atom is 0.407 e. The Morgan fingerprint density at radius 3 is 2.24 bits per heavy atom. The van der Waals surface area contributed by atoms with E-state index in [4.69, 9.17) is 24.2 Å². The van der Waals surface area contributed by atoms with E-state index in [1.807, 2.05) is 74.5 Å². The molecule has 9 rings (SSSR count). The SMILES string of the molecule is CNc1c(/C=N/[C@@H]2C[C@H](COC)CN2C(=O)[C@@H](NC(=O)OC)C(C)C)ccc2cc(-c3ccc4c(ccc5nc([C@@H]6[C@@H]7CC[C@@H](C7)N6C(=O)[C@H](NC(=O)OC)c6ccccc6)[nH]c54)c3)ccc12. The Hall–Kier alpha value is -7.00. The molecule has 4 N–H and O–H groups in total. The second-order valence-electron chi connectivity index (χ2n) is 18.3. The minimum Gasteiger partial charge on any atom is -0.453 e. The van der Waals surface area contributed by atoms with E-state index < -0.39 is 30.4 Å². The molecule has 2 bridgehead atoms. The van der Waals surface area contributed by atoms with Gasteiger partial charge in [-0.15, -0.1) is 0 Å². The number of anilines is 1. The van der Waals surface area contributed by atoms with E-state index in [1.54, 1.807) is 12.0 Å². The lowest BCUT2D eigenvalue weighted by atomic mass is 9.96. The van der Waals surface area contributed by atoms with E-state index in [0.717, 1.165) is 80.0 Å². The first-order valence-electron chi connectivity index (χ1n) is 23.1. The molecule has 6 aromatic rings. The minimum atomic E-state index is -0.890. The molecular formula is C52H58N8O7. The number of hydrogen-bond acceptors (Lipinski definition) is 10. The van der Waals surface area contributed by atoms with Crippen LogP contribution >= 0.6 is 0 Å². The quantitative estimate of drug-likeness (QED) is 0.0829. The van der Waals surface area contributed by atoms with E-state index in [0.29, 0.717) is 25.1 Å². The summed E-state index contributed by atoms with van der Waals surface area (Å²) in [6.07, 6.45) is 3.55. The van der Waals surface area contributed by atoms with Crippen LogP contribution in [0.15, 0.2) is 96.0 Å². The number of aromatic amines is 1. The van der Waals surface area contributed by atoms with Crippen LogP contribution in [-0.2, 0) is 23.8 Å². The van der Waals surface area contributed by atoms with Crippen molar-refractivity contribution in [3.8, 4) is 11.1 Å². The molecule has 2 saturated heterocycles. The van der Waals surface area contributed by atoms with Crippen LogP contribution in [0.3, 0.4) is 0 Å². The van der Waals surface area contributed by atoms with Gasteiger partial charge in [-0.2, -0.15) is 0 Å². The first kappa shape index (κ1) is 45.2. The summed E-state index contributed by atoms with van der Waals surface area (Å²) < 4.78 is 15.2. The maximum atomic E-state index is 14.5. The first-order chi connectivity index (χ1) is 32.5. The summed E-state index contributed by atoms with van der Waals surface area (Å²) in [5.41, 5.74) is 6.40. The lowest BCUT2D eigenvalue weighted by molar-refractivity contribution is -0.138. The van der Waals surface area contributed by atoms with Crippen LogP contribution in [0.25, 0.3) is 43.7 Å². The molecule has 3 aliphatic rings. The normalized spacial score (nSPS) is 21.1. The van der Waals surface area contributed by atoms with Crippen molar-refractivity contribution in [3.05, 3.63) is 108 Å². The number of methoxy groups -OCH3 is 3. The standard InChI is InChI=1S/C52H58N8O7/c1-29(2)43(57-51(63)66-5)49(61)59-27-30(28-65-4)22-42(59)54-26-37-13-12-34-23-32(15-19-39(34)44(37)53-3)33-16-20-40-35(24-33)17-21-41-46(40)56-48(55-41)47-36-14-18-38(25-36)60(47)50(62)45(58-52(64)67-6)31-10-8-7-9-11-31/h7-13,15-17,19-21,23-24,26,29-30,36,38,42-43,45,47,53H,14,18,22,25,27-28H2,1-6H3,(H,55,56)(H,57,63)(H,58,64)/b54-26+/t30-,36+,38-,42-,43-,45+,47-/m0/s1. The van der Waals surface area contributed by atoms with Crippen LogP contribution < -0.4 is 16.0 Å². The summed E-state index contributed by atoms with van der Waals surface area (Å²) in [5.74, 6) is 0.592. The van der Waals surface area contributed by atoms with Crippen LogP contribution in [0.1, 0.15) is 68.6 Å². The molecule has 67 heavy (non-hydrogen) atoms. The van der Waals surface area contributed by atoms with E-state index >= 15 is 0 Å². The lowest BCUT2D eigenvalue weighted by Crippen LogP contribution is -2.52. The number of imidazole rings is 1. The number of carbonyl (C=O) groups is 4. The van der Waals surface area contributed by atoms with Gasteiger partial charge < -0.3 is 44.9 Å². The number of nitrogens with one attached hydrogen (secondary N) is 4. The van der Waals surface area contributed by atoms with Crippen molar-refractivity contribution in [2.75, 3.05) is 46.8 Å². The van der Waals surface area contributed by atoms with Gasteiger partial charge in [0.15, 0.2) is 0 Å². The highest BCUT2D eigenvalue weighted by Crippen LogP contribution is 2.51. The van der Waals surface area contributed by atoms with Gasteiger partial charge in [0.1, 0.15) is 24.1 Å². The highest BCUT2D eigenvalue weighted by Gasteiger charge is 2.51. The third-order valence-corrected chi connectivity index (χ3v) is 13.9. The highest BCUT2D eigenvalue weighted by molar-refractivity contribution is 6.07. The second-order valence-corrected chi connectivity index (χ2v) is 18.3. The van der Waals surface area contributed by atoms with Crippen LogP contribution in [0.5, 0.6) is 0 Å². The monoisotopic (exact) mass is 906 g/mol. The Bertz CT molecular complexity index is 2860. The predicted octanol–water partition coefficient (Wildman–Crippen LogP) is 8.35. The number of aromatic nitrogens is 2. The van der Waals surface area contributed by atoms with Gasteiger partial charge in [0.2, 0.25) is 5.91 Å². The molecule has 3 fully saturated rings. The van der Waals surface area contributed by atoms with Crippen LogP contribution in [0, 0.1) is 17.8 Å². The zero-order valence-corrected chi connectivity index (χ0v) is 38.7. The molecule has 15 nitrogen and oxygen atoms in total. The van der Waals surface area contributed by atoms with E-state index in [-0.39, 0.29) is 41.7 Å². The molecular weight excluding hydrogens is 849 g/mol. The Balaban J connectivity index is 0.971. The molecule has 0 unspecified atom stereocenters. The topological polar surface area (TPSA) is 180 Å². The average molecular weight is 907 g/mol. The number of H-pyrrole nitrogens is 1. The third-order valence-electron chi connectivity index (χ3n) is 13.9. The van der Waals surface area contributed by atoms with Crippen molar-refractivity contribution in [2.24, 2.45) is 22.7 Å². The van der Waals surface area contributed by atoms with Crippen molar-refractivity contribution in [2.45, 2.75) is 69.9 Å². The zero-order valence-electron chi connectivity index (χ0n) is 38.7. The number of rotatable bonds is 13. The van der Waals surface area contributed by atoms with Gasteiger partial charge in [0, 0.05) is 55.2 Å². The molecule has 7 atom stereocenters. The summed E-state index contributed by atoms with van der Waals surface area (Å²) in [7, 11) is 6.14. The summed E-state index contributed by atoms with van der Waals surface area (Å²) in [4.78, 5) is 70.5. The highest BCUT2D eigenvalue weighted by atomic mass is 16.5. The van der Waals surface area contributed by atoms with Crippen molar-refractivity contribution >= 4 is 68.5 Å². The van der Waals surface area contributed by atoms with Gasteiger partial charge in [-0.05, 0) is 83.2 Å². The van der Waals surface area contributed by atoms with Crippen molar-refractivity contribution in [1.82, 2.24) is 30.4 Å². The molecule has 2 aliphatic heterocycles. The van der Waals surface area contributed by atoms with Crippen molar-refractivity contribution in [3.63, 3.8) is 0 Å². The fourth-order valence-corrected chi connectivity index (χ4v) is 10.7. The molecule has 0 radical (unpaired) electrons. The maximum absolute atomic E-state index is 14.5. The van der Waals surface area contributed by atoms with Crippen LogP contribution in [0.4, 0.5) is 15.3 Å². The minimum absolute atomic E-state index is 0.0582. The molecule has 3 heterocycles. The number of amides is 4. The summed E-state index contributed by atoms with van der Waals surface area (Å²) in [6.45, 7) is 4.76. The van der Waals surface area contributed by atoms with Gasteiger partial charge in [-0.1, -0.05) is 86.6 Å². The number of carbonyl (C=O) groups excluding carboxylic acids is 4. The number of aliphatic imine (C=N–C) groups is 1. The van der Waals surface area contributed by atoms with Gasteiger partial charge in [0.05, 0.1) is 43.6 Å². The summed E-state index contributed by atoms with van der Waals surface area (Å²) >= 11 is 0. The third kappa shape index (κ3) is 8.75. The molecule has 348 valence electrons. The Morgan fingerprint density at radius 2 is 1.54 bits per heavy atom. The number of benzene rings is 5. The van der Waals surface area contributed by atoms with Crippen molar-refractivity contribution < 1.29 is 33.4 Å². The fourth-order valence-electron chi connectivity index (χ4n) is 10.7. The average Bonchev–Trinajstić information content (AvgIpc) is 4.17. The molecule has 4 amide bonds. The van der Waals surface area contributed by atoms with Gasteiger partial charge >= 0.3 is 12.2 Å². The van der Waals surface area contributed by atoms with Gasteiger partial charge in [-0.3, -0.25) is 14.6 Å². The first-order valence-corrected chi connectivity index (χ1v) is 23.1. The Kier molecular flexibility index (Phi) is 12.9. The zero-order chi connectivity index (χ0) is 46.9. The van der Waals surface area contributed by atoms with Crippen LogP contribution in [0.2, 0.25) is 0 Å².